The minimum Gasteiger partial charge on any atom is -0.308 e. The number of aryl methyl sites for hydroxylation is 1. The van der Waals surface area contributed by atoms with Gasteiger partial charge < -0.3 is 5.32 Å². The molecule has 1 rings (SSSR count). The van der Waals surface area contributed by atoms with Crippen molar-refractivity contribution in [2.75, 3.05) is 11.2 Å². The van der Waals surface area contributed by atoms with Crippen LogP contribution in [-0.4, -0.2) is 22.0 Å². The number of hydrogen-bond donors (Lipinski definition) is 2. The van der Waals surface area contributed by atoms with Gasteiger partial charge in [-0.15, -0.1) is 11.6 Å². The average molecular weight is 188 g/mol. The maximum Gasteiger partial charge on any atom is 0.240 e. The van der Waals surface area contributed by atoms with E-state index >= 15 is 0 Å². The summed E-state index contributed by atoms with van der Waals surface area (Å²) in [6.45, 7) is 3.77. The Hall–Kier alpha value is -1.03. The van der Waals surface area contributed by atoms with Crippen LogP contribution in [0.4, 0.5) is 5.82 Å². The van der Waals surface area contributed by atoms with Crippen molar-refractivity contribution in [3.63, 3.8) is 0 Å². The van der Waals surface area contributed by atoms with Gasteiger partial charge in [0.25, 0.3) is 0 Å². The standard InChI is InChI=1S/C7H10ClN3O/c1-4-5(2)10-11-7(4)9-6(12)3-8/h3H2,1-2H3,(H2,9,10,11,12). The minimum absolute atomic E-state index is 0.0503. The molecule has 5 heteroatoms. The van der Waals surface area contributed by atoms with Crippen LogP contribution in [-0.2, 0) is 4.79 Å². The first kappa shape index (κ1) is 9.06. The molecule has 1 aromatic rings. The van der Waals surface area contributed by atoms with Crippen LogP contribution in [0.3, 0.4) is 0 Å². The highest BCUT2D eigenvalue weighted by atomic mass is 35.5. The van der Waals surface area contributed by atoms with Crippen LogP contribution in [0.5, 0.6) is 0 Å². The summed E-state index contributed by atoms with van der Waals surface area (Å²) >= 11 is 5.31. The molecule has 0 atom stereocenters. The van der Waals surface area contributed by atoms with E-state index in [-0.39, 0.29) is 11.8 Å². The Kier molecular flexibility index (Phi) is 2.70. The number of rotatable bonds is 2. The summed E-state index contributed by atoms with van der Waals surface area (Å²) in [6, 6.07) is 0. The first-order valence-corrected chi connectivity index (χ1v) is 4.06. The summed E-state index contributed by atoms with van der Waals surface area (Å²) in [6.07, 6.45) is 0. The smallest absolute Gasteiger partial charge is 0.240 e. The lowest BCUT2D eigenvalue weighted by Gasteiger charge is -1.98. The third-order valence-corrected chi connectivity index (χ3v) is 1.88. The Bertz CT molecular complexity index is 295. The number of aromatic amines is 1. The monoisotopic (exact) mass is 187 g/mol. The Morgan fingerprint density at radius 2 is 2.33 bits per heavy atom. The molecular weight excluding hydrogens is 178 g/mol. The van der Waals surface area contributed by atoms with E-state index in [2.05, 4.69) is 15.5 Å². The topological polar surface area (TPSA) is 57.8 Å². The Labute approximate surface area is 75.3 Å². The predicted molar refractivity (Wildman–Crippen MR) is 47.4 cm³/mol. The van der Waals surface area contributed by atoms with Crippen molar-refractivity contribution >= 4 is 23.3 Å². The van der Waals surface area contributed by atoms with Gasteiger partial charge in [0.2, 0.25) is 5.91 Å². The van der Waals surface area contributed by atoms with E-state index in [1.807, 2.05) is 13.8 Å². The number of aromatic nitrogens is 2. The van der Waals surface area contributed by atoms with Gasteiger partial charge in [-0.05, 0) is 13.8 Å². The van der Waals surface area contributed by atoms with E-state index in [9.17, 15) is 4.79 Å². The van der Waals surface area contributed by atoms with Gasteiger partial charge in [-0.25, -0.2) is 0 Å². The quantitative estimate of drug-likeness (QED) is 0.684. The van der Waals surface area contributed by atoms with Crippen LogP contribution >= 0.6 is 11.6 Å². The van der Waals surface area contributed by atoms with Gasteiger partial charge in [-0.2, -0.15) is 5.10 Å². The molecule has 12 heavy (non-hydrogen) atoms. The van der Waals surface area contributed by atoms with Gasteiger partial charge >= 0.3 is 0 Å². The normalized spacial score (nSPS) is 9.92. The molecule has 1 heterocycles. The van der Waals surface area contributed by atoms with Crippen molar-refractivity contribution in [1.82, 2.24) is 10.2 Å². The van der Waals surface area contributed by atoms with Gasteiger partial charge in [0.15, 0.2) is 5.82 Å². The first-order chi connectivity index (χ1) is 5.65. The zero-order valence-corrected chi connectivity index (χ0v) is 7.70. The van der Waals surface area contributed by atoms with Gasteiger partial charge in [-0.1, -0.05) is 0 Å². The molecule has 1 aromatic heterocycles. The molecule has 0 aliphatic rings. The number of H-pyrrole nitrogens is 1. The average Bonchev–Trinajstić information content (AvgIpc) is 2.36. The highest BCUT2D eigenvalue weighted by Gasteiger charge is 2.07. The van der Waals surface area contributed by atoms with Crippen LogP contribution in [0.1, 0.15) is 11.3 Å². The molecule has 0 aromatic carbocycles. The molecule has 0 aliphatic carbocycles. The van der Waals surface area contributed by atoms with Crippen LogP contribution in [0.25, 0.3) is 0 Å². The number of alkyl halides is 1. The van der Waals surface area contributed by atoms with Gasteiger partial charge in [0.05, 0.1) is 0 Å². The minimum atomic E-state index is -0.244. The molecule has 0 spiro atoms. The maximum absolute atomic E-state index is 10.8. The lowest BCUT2D eigenvalue weighted by atomic mass is 10.3. The largest absolute Gasteiger partial charge is 0.308 e. The second-order valence-electron chi connectivity index (χ2n) is 2.50. The molecule has 0 unspecified atom stereocenters. The molecule has 0 saturated heterocycles. The van der Waals surface area contributed by atoms with Crippen molar-refractivity contribution in [2.24, 2.45) is 0 Å². The van der Waals surface area contributed by atoms with Crippen molar-refractivity contribution < 1.29 is 4.79 Å². The fraction of sp³-hybridized carbons (Fsp3) is 0.429. The molecule has 0 fully saturated rings. The van der Waals surface area contributed by atoms with Crippen LogP contribution < -0.4 is 5.32 Å². The summed E-state index contributed by atoms with van der Waals surface area (Å²) < 4.78 is 0. The second-order valence-corrected chi connectivity index (χ2v) is 2.77. The number of hydrogen-bond acceptors (Lipinski definition) is 2. The number of nitrogens with zero attached hydrogens (tertiary/aromatic N) is 1. The van der Waals surface area contributed by atoms with Crippen LogP contribution in [0.2, 0.25) is 0 Å². The van der Waals surface area contributed by atoms with Crippen molar-refractivity contribution in [3.05, 3.63) is 11.3 Å². The van der Waals surface area contributed by atoms with E-state index in [1.165, 1.54) is 0 Å². The molecular formula is C7H10ClN3O. The molecule has 0 saturated carbocycles. The van der Waals surface area contributed by atoms with E-state index < -0.39 is 0 Å². The van der Waals surface area contributed by atoms with Crippen molar-refractivity contribution in [2.45, 2.75) is 13.8 Å². The van der Waals surface area contributed by atoms with Gasteiger partial charge in [0.1, 0.15) is 5.88 Å². The molecule has 1 amide bonds. The summed E-state index contributed by atoms with van der Waals surface area (Å²) in [7, 11) is 0. The SMILES string of the molecule is Cc1[nH]nc(NC(=O)CCl)c1C. The maximum atomic E-state index is 10.8. The third-order valence-electron chi connectivity index (χ3n) is 1.63. The highest BCUT2D eigenvalue weighted by molar-refractivity contribution is 6.29. The second kappa shape index (κ2) is 3.58. The number of halogens is 1. The number of nitrogens with one attached hydrogen (secondary N) is 2. The first-order valence-electron chi connectivity index (χ1n) is 3.52. The Morgan fingerprint density at radius 1 is 1.67 bits per heavy atom. The van der Waals surface area contributed by atoms with Crippen LogP contribution in [0.15, 0.2) is 0 Å². The van der Waals surface area contributed by atoms with E-state index in [0.717, 1.165) is 11.3 Å². The number of amides is 1. The van der Waals surface area contributed by atoms with Gasteiger partial charge in [0, 0.05) is 11.3 Å². The lowest BCUT2D eigenvalue weighted by molar-refractivity contribution is -0.113. The molecule has 0 radical (unpaired) electrons. The third kappa shape index (κ3) is 1.76. The fourth-order valence-electron chi connectivity index (χ4n) is 0.772. The molecule has 66 valence electrons. The van der Waals surface area contributed by atoms with E-state index in [4.69, 9.17) is 11.6 Å². The summed E-state index contributed by atoms with van der Waals surface area (Å²) in [4.78, 5) is 10.8. The Balaban J connectivity index is 2.76. The number of anilines is 1. The molecule has 0 aliphatic heterocycles. The number of carbonyl (C=O) groups excluding carboxylic acids is 1. The van der Waals surface area contributed by atoms with E-state index in [1.54, 1.807) is 0 Å². The summed E-state index contributed by atoms with van der Waals surface area (Å²) in [5.74, 6) is 0.259. The predicted octanol–water partition coefficient (Wildman–Crippen LogP) is 1.20. The zero-order valence-electron chi connectivity index (χ0n) is 6.94. The lowest BCUT2D eigenvalue weighted by Crippen LogP contribution is -2.13. The number of carbonyl (C=O) groups is 1. The molecule has 0 bridgehead atoms. The Morgan fingerprint density at radius 3 is 2.75 bits per heavy atom. The van der Waals surface area contributed by atoms with E-state index in [0.29, 0.717) is 5.82 Å². The molecule has 4 nitrogen and oxygen atoms in total. The van der Waals surface area contributed by atoms with Crippen LogP contribution in [0, 0.1) is 13.8 Å². The summed E-state index contributed by atoms with van der Waals surface area (Å²) in [5, 5.41) is 9.21. The molecule has 2 N–H and O–H groups in total. The van der Waals surface area contributed by atoms with Crippen molar-refractivity contribution in [1.29, 1.82) is 0 Å². The zero-order chi connectivity index (χ0) is 9.14. The van der Waals surface area contributed by atoms with Crippen molar-refractivity contribution in [3.8, 4) is 0 Å². The fourth-order valence-corrected chi connectivity index (χ4v) is 0.839. The highest BCUT2D eigenvalue weighted by Crippen LogP contribution is 2.13. The summed E-state index contributed by atoms with van der Waals surface area (Å²) in [5.41, 5.74) is 1.88. The van der Waals surface area contributed by atoms with Gasteiger partial charge in [-0.3, -0.25) is 9.89 Å².